The fraction of sp³-hybridized carbons (Fsp3) is 0.111. The summed E-state index contributed by atoms with van der Waals surface area (Å²) in [4.78, 5) is 11.2. The molecule has 1 amide bonds. The largest absolute Gasteiger partial charge is 0.324 e. The molecular formula is C9H7Cl2N5O. The quantitative estimate of drug-likeness (QED) is 0.859. The number of carbonyl (C=O) groups is 1. The Hall–Kier alpha value is -1.66. The van der Waals surface area contributed by atoms with Crippen LogP contribution in [-0.4, -0.2) is 32.0 Å². The third kappa shape index (κ3) is 2.72. The van der Waals surface area contributed by atoms with Gasteiger partial charge in [0.15, 0.2) is 0 Å². The molecule has 0 aliphatic rings. The van der Waals surface area contributed by atoms with E-state index in [9.17, 15) is 4.79 Å². The van der Waals surface area contributed by atoms with E-state index in [4.69, 9.17) is 23.2 Å². The normalized spacial score (nSPS) is 10.2. The van der Waals surface area contributed by atoms with Crippen LogP contribution < -0.4 is 5.32 Å². The minimum Gasteiger partial charge on any atom is -0.324 e. The standard InChI is InChI=1S/C9H7Cl2N5O/c10-4-9(17)13-8-3-6(1-2-7(8)11)16-5-12-14-15-16/h1-3,5H,4H2,(H,13,17). The van der Waals surface area contributed by atoms with Gasteiger partial charge in [0.05, 0.1) is 16.4 Å². The second-order valence-corrected chi connectivity index (χ2v) is 3.77. The van der Waals surface area contributed by atoms with E-state index >= 15 is 0 Å². The molecule has 2 aromatic rings. The van der Waals surface area contributed by atoms with Crippen molar-refractivity contribution >= 4 is 34.8 Å². The van der Waals surface area contributed by atoms with Gasteiger partial charge in [-0.2, -0.15) is 0 Å². The number of carbonyl (C=O) groups excluding carboxylic acids is 1. The molecule has 0 atom stereocenters. The molecule has 2 rings (SSSR count). The van der Waals surface area contributed by atoms with Crippen LogP contribution >= 0.6 is 23.2 Å². The van der Waals surface area contributed by atoms with Gasteiger partial charge >= 0.3 is 0 Å². The van der Waals surface area contributed by atoms with Crippen molar-refractivity contribution in [1.29, 1.82) is 0 Å². The van der Waals surface area contributed by atoms with Gasteiger partial charge < -0.3 is 5.32 Å². The average molecular weight is 272 g/mol. The van der Waals surface area contributed by atoms with Crippen molar-refractivity contribution in [1.82, 2.24) is 20.2 Å². The number of tetrazole rings is 1. The number of benzene rings is 1. The predicted molar refractivity (Wildman–Crippen MR) is 63.5 cm³/mol. The molecule has 0 spiro atoms. The molecule has 1 heterocycles. The maximum Gasteiger partial charge on any atom is 0.239 e. The third-order valence-corrected chi connectivity index (χ3v) is 2.53. The summed E-state index contributed by atoms with van der Waals surface area (Å²) in [5, 5.41) is 13.8. The van der Waals surface area contributed by atoms with Gasteiger partial charge in [0.1, 0.15) is 12.2 Å². The molecule has 88 valence electrons. The summed E-state index contributed by atoms with van der Waals surface area (Å²) in [7, 11) is 0. The van der Waals surface area contributed by atoms with E-state index in [1.165, 1.54) is 11.0 Å². The molecule has 0 aliphatic heterocycles. The van der Waals surface area contributed by atoms with Gasteiger partial charge in [-0.3, -0.25) is 4.79 Å². The Balaban J connectivity index is 2.33. The number of anilines is 1. The maximum atomic E-state index is 11.2. The van der Waals surface area contributed by atoms with Crippen LogP contribution in [0.1, 0.15) is 0 Å². The van der Waals surface area contributed by atoms with Gasteiger partial charge in [0.2, 0.25) is 5.91 Å². The van der Waals surface area contributed by atoms with Gasteiger partial charge in [-0.15, -0.1) is 16.7 Å². The summed E-state index contributed by atoms with van der Waals surface area (Å²) in [5.74, 6) is -0.465. The monoisotopic (exact) mass is 271 g/mol. The molecule has 1 N–H and O–H groups in total. The maximum absolute atomic E-state index is 11.2. The highest BCUT2D eigenvalue weighted by molar-refractivity contribution is 6.34. The highest BCUT2D eigenvalue weighted by Gasteiger charge is 2.07. The lowest BCUT2D eigenvalue weighted by Gasteiger charge is -2.07. The highest BCUT2D eigenvalue weighted by atomic mass is 35.5. The van der Waals surface area contributed by atoms with Crippen molar-refractivity contribution in [3.63, 3.8) is 0 Å². The van der Waals surface area contributed by atoms with Crippen molar-refractivity contribution < 1.29 is 4.79 Å². The third-order valence-electron chi connectivity index (χ3n) is 1.96. The van der Waals surface area contributed by atoms with Crippen molar-refractivity contribution in [3.05, 3.63) is 29.5 Å². The molecule has 0 saturated carbocycles. The van der Waals surface area contributed by atoms with Crippen LogP contribution in [0.3, 0.4) is 0 Å². The lowest BCUT2D eigenvalue weighted by Crippen LogP contribution is -2.13. The fourth-order valence-electron chi connectivity index (χ4n) is 1.21. The van der Waals surface area contributed by atoms with Crippen molar-refractivity contribution in [2.75, 3.05) is 11.2 Å². The average Bonchev–Trinajstić information content (AvgIpc) is 2.85. The summed E-state index contributed by atoms with van der Waals surface area (Å²) >= 11 is 11.3. The van der Waals surface area contributed by atoms with E-state index in [0.717, 1.165) is 0 Å². The van der Waals surface area contributed by atoms with Crippen LogP contribution in [0.25, 0.3) is 5.69 Å². The zero-order chi connectivity index (χ0) is 12.3. The zero-order valence-corrected chi connectivity index (χ0v) is 9.98. The number of hydrogen-bond donors (Lipinski definition) is 1. The first kappa shape index (κ1) is 11.8. The van der Waals surface area contributed by atoms with Crippen LogP contribution in [0.2, 0.25) is 5.02 Å². The zero-order valence-electron chi connectivity index (χ0n) is 8.47. The van der Waals surface area contributed by atoms with Gasteiger partial charge in [0.25, 0.3) is 0 Å². The van der Waals surface area contributed by atoms with E-state index in [2.05, 4.69) is 20.8 Å². The molecule has 0 bridgehead atoms. The predicted octanol–water partition coefficient (Wildman–Crippen LogP) is 1.49. The molecule has 0 fully saturated rings. The summed E-state index contributed by atoms with van der Waals surface area (Å²) in [6, 6.07) is 5.03. The first-order valence-electron chi connectivity index (χ1n) is 4.59. The molecule has 17 heavy (non-hydrogen) atoms. The SMILES string of the molecule is O=C(CCl)Nc1cc(-n2cnnn2)ccc1Cl. The van der Waals surface area contributed by atoms with Gasteiger partial charge in [-0.1, -0.05) is 11.6 Å². The summed E-state index contributed by atoms with van der Waals surface area (Å²) in [5.41, 5.74) is 1.15. The summed E-state index contributed by atoms with van der Waals surface area (Å²) < 4.78 is 1.45. The van der Waals surface area contributed by atoms with Crippen molar-refractivity contribution in [3.8, 4) is 5.69 Å². The minimum atomic E-state index is -0.331. The van der Waals surface area contributed by atoms with E-state index in [1.807, 2.05) is 0 Å². The van der Waals surface area contributed by atoms with Gasteiger partial charge in [-0.25, -0.2) is 4.68 Å². The number of amides is 1. The first-order chi connectivity index (χ1) is 8.20. The van der Waals surface area contributed by atoms with Gasteiger partial charge in [-0.05, 0) is 28.6 Å². The van der Waals surface area contributed by atoms with Crippen LogP contribution in [0, 0.1) is 0 Å². The second kappa shape index (κ2) is 5.11. The number of halogens is 2. The number of nitrogens with one attached hydrogen (secondary N) is 1. The Morgan fingerprint density at radius 2 is 2.29 bits per heavy atom. The number of rotatable bonds is 3. The lowest BCUT2D eigenvalue weighted by atomic mass is 10.2. The Bertz CT molecular complexity index is 528. The van der Waals surface area contributed by atoms with Crippen molar-refractivity contribution in [2.24, 2.45) is 0 Å². The second-order valence-electron chi connectivity index (χ2n) is 3.10. The van der Waals surface area contributed by atoms with Crippen LogP contribution in [0.5, 0.6) is 0 Å². The number of hydrogen-bond acceptors (Lipinski definition) is 4. The lowest BCUT2D eigenvalue weighted by molar-refractivity contribution is -0.113. The molecule has 1 aromatic carbocycles. The van der Waals surface area contributed by atoms with E-state index in [0.29, 0.717) is 16.4 Å². The molecular weight excluding hydrogens is 265 g/mol. The molecule has 6 nitrogen and oxygen atoms in total. The van der Waals surface area contributed by atoms with E-state index in [-0.39, 0.29) is 11.8 Å². The minimum absolute atomic E-state index is 0.133. The molecule has 0 radical (unpaired) electrons. The molecule has 1 aromatic heterocycles. The summed E-state index contributed by atoms with van der Waals surface area (Å²) in [6.45, 7) is 0. The van der Waals surface area contributed by atoms with E-state index < -0.39 is 0 Å². The Morgan fingerprint density at radius 1 is 1.47 bits per heavy atom. The molecule has 8 heteroatoms. The number of alkyl halides is 1. The molecule has 0 aliphatic carbocycles. The molecule has 0 unspecified atom stereocenters. The Morgan fingerprint density at radius 3 is 2.94 bits per heavy atom. The summed E-state index contributed by atoms with van der Waals surface area (Å²) in [6.07, 6.45) is 1.44. The van der Waals surface area contributed by atoms with E-state index in [1.54, 1.807) is 18.2 Å². The van der Waals surface area contributed by atoms with Crippen molar-refractivity contribution in [2.45, 2.75) is 0 Å². The number of nitrogens with zero attached hydrogens (tertiary/aromatic N) is 4. The van der Waals surface area contributed by atoms with Crippen LogP contribution in [0.15, 0.2) is 24.5 Å². The Kier molecular flexibility index (Phi) is 3.55. The Labute approximate surface area is 107 Å². The highest BCUT2D eigenvalue weighted by Crippen LogP contribution is 2.24. The fourth-order valence-corrected chi connectivity index (χ4v) is 1.45. The van der Waals surface area contributed by atoms with Crippen LogP contribution in [-0.2, 0) is 4.79 Å². The number of aromatic nitrogens is 4. The first-order valence-corrected chi connectivity index (χ1v) is 5.50. The molecule has 0 saturated heterocycles. The topological polar surface area (TPSA) is 72.7 Å². The van der Waals surface area contributed by atoms with Gasteiger partial charge in [0, 0.05) is 0 Å². The smallest absolute Gasteiger partial charge is 0.239 e. The van der Waals surface area contributed by atoms with Crippen LogP contribution in [0.4, 0.5) is 5.69 Å².